The molecule has 8 heteroatoms. The Bertz CT molecular complexity index is 839. The van der Waals surface area contributed by atoms with Crippen LogP contribution in [0.25, 0.3) is 4.96 Å². The minimum Gasteiger partial charge on any atom is -0.353 e. The first-order valence-electron chi connectivity index (χ1n) is 9.03. The summed E-state index contributed by atoms with van der Waals surface area (Å²) in [6.07, 6.45) is 6.52. The largest absolute Gasteiger partial charge is 0.353 e. The first-order valence-corrected chi connectivity index (χ1v) is 9.84. The van der Waals surface area contributed by atoms with Gasteiger partial charge in [0.25, 0.3) is 5.56 Å². The van der Waals surface area contributed by atoms with Crippen molar-refractivity contribution in [1.29, 1.82) is 0 Å². The highest BCUT2D eigenvalue weighted by Crippen LogP contribution is 2.27. The van der Waals surface area contributed by atoms with Crippen LogP contribution in [0.4, 0.5) is 5.13 Å². The first-order chi connectivity index (χ1) is 12.1. The van der Waals surface area contributed by atoms with Gasteiger partial charge in [-0.1, -0.05) is 24.2 Å². The zero-order valence-corrected chi connectivity index (χ0v) is 15.2. The SMILES string of the molecule is Cc1cc(=O)n2nc(N3CCC[C@H](C(=O)NC4CCCC4)C3)sc2n1. The number of aryl methyl sites for hydroxylation is 1. The smallest absolute Gasteiger partial charge is 0.275 e. The van der Waals surface area contributed by atoms with Crippen molar-refractivity contribution in [3.63, 3.8) is 0 Å². The number of hydrogen-bond donors (Lipinski definition) is 1. The second-order valence-corrected chi connectivity index (χ2v) is 8.02. The number of amides is 1. The zero-order valence-electron chi connectivity index (χ0n) is 14.4. The molecule has 1 atom stereocenters. The highest BCUT2D eigenvalue weighted by Gasteiger charge is 2.29. The van der Waals surface area contributed by atoms with Crippen LogP contribution >= 0.6 is 11.3 Å². The molecule has 0 spiro atoms. The van der Waals surface area contributed by atoms with Crippen molar-refractivity contribution in [2.75, 3.05) is 18.0 Å². The van der Waals surface area contributed by atoms with E-state index >= 15 is 0 Å². The number of piperidine rings is 1. The monoisotopic (exact) mass is 361 g/mol. The highest BCUT2D eigenvalue weighted by atomic mass is 32.1. The molecule has 7 nitrogen and oxygen atoms in total. The van der Waals surface area contributed by atoms with Gasteiger partial charge in [0.05, 0.1) is 5.92 Å². The second kappa shape index (κ2) is 6.74. The maximum absolute atomic E-state index is 12.6. The summed E-state index contributed by atoms with van der Waals surface area (Å²) >= 11 is 1.41. The number of carbonyl (C=O) groups excluding carboxylic acids is 1. The average Bonchev–Trinajstić information content (AvgIpc) is 3.24. The second-order valence-electron chi connectivity index (χ2n) is 7.09. The van der Waals surface area contributed by atoms with E-state index in [1.165, 1.54) is 34.8 Å². The molecular weight excluding hydrogens is 338 g/mol. The number of anilines is 1. The van der Waals surface area contributed by atoms with E-state index in [1.54, 1.807) is 0 Å². The Labute approximate surface area is 150 Å². The lowest BCUT2D eigenvalue weighted by Gasteiger charge is -2.32. The fourth-order valence-electron chi connectivity index (χ4n) is 3.79. The van der Waals surface area contributed by atoms with Gasteiger partial charge in [-0.15, -0.1) is 5.10 Å². The van der Waals surface area contributed by atoms with E-state index in [9.17, 15) is 9.59 Å². The van der Waals surface area contributed by atoms with E-state index in [-0.39, 0.29) is 17.4 Å². The summed E-state index contributed by atoms with van der Waals surface area (Å²) in [6.45, 7) is 3.33. The van der Waals surface area contributed by atoms with Gasteiger partial charge in [-0.2, -0.15) is 4.52 Å². The molecular formula is C17H23N5O2S. The van der Waals surface area contributed by atoms with Gasteiger partial charge >= 0.3 is 0 Å². The number of rotatable bonds is 3. The third kappa shape index (κ3) is 3.40. The number of nitrogens with one attached hydrogen (secondary N) is 1. The number of fused-ring (bicyclic) bond motifs is 1. The average molecular weight is 361 g/mol. The third-order valence-electron chi connectivity index (χ3n) is 5.13. The molecule has 1 amide bonds. The van der Waals surface area contributed by atoms with Gasteiger partial charge in [-0.3, -0.25) is 9.59 Å². The van der Waals surface area contributed by atoms with Crippen LogP contribution in [0.5, 0.6) is 0 Å². The van der Waals surface area contributed by atoms with Gasteiger partial charge in [0.15, 0.2) is 0 Å². The summed E-state index contributed by atoms with van der Waals surface area (Å²) in [4.78, 5) is 31.7. The van der Waals surface area contributed by atoms with Crippen LogP contribution in [0.1, 0.15) is 44.2 Å². The van der Waals surface area contributed by atoms with Gasteiger partial charge in [-0.25, -0.2) is 4.98 Å². The van der Waals surface area contributed by atoms with E-state index in [2.05, 4.69) is 20.3 Å². The molecule has 1 saturated heterocycles. The van der Waals surface area contributed by atoms with Crippen LogP contribution in [0.3, 0.4) is 0 Å². The molecule has 0 radical (unpaired) electrons. The van der Waals surface area contributed by atoms with E-state index < -0.39 is 0 Å². The number of carbonyl (C=O) groups is 1. The molecule has 1 saturated carbocycles. The molecule has 4 rings (SSSR count). The topological polar surface area (TPSA) is 79.6 Å². The summed E-state index contributed by atoms with van der Waals surface area (Å²) in [5, 5.41) is 8.41. The summed E-state index contributed by atoms with van der Waals surface area (Å²) in [6, 6.07) is 1.85. The van der Waals surface area contributed by atoms with Crippen molar-refractivity contribution >= 4 is 27.3 Å². The standard InChI is InChI=1S/C17H23N5O2S/c1-11-9-14(23)22-16(18-11)25-17(20-22)21-8-4-5-12(10-21)15(24)19-13-6-2-3-7-13/h9,12-13H,2-8,10H2,1H3,(H,19,24)/t12-/m0/s1. The minimum absolute atomic E-state index is 0.00669. The Morgan fingerprint density at radius 2 is 2.08 bits per heavy atom. The van der Waals surface area contributed by atoms with E-state index in [0.29, 0.717) is 23.2 Å². The predicted molar refractivity (Wildman–Crippen MR) is 97.2 cm³/mol. The first kappa shape index (κ1) is 16.5. The van der Waals surface area contributed by atoms with Crippen LogP contribution in [0.2, 0.25) is 0 Å². The van der Waals surface area contributed by atoms with Crippen LogP contribution in [0.15, 0.2) is 10.9 Å². The molecule has 25 heavy (non-hydrogen) atoms. The number of hydrogen-bond acceptors (Lipinski definition) is 6. The minimum atomic E-state index is -0.155. The molecule has 1 N–H and O–H groups in total. The third-order valence-corrected chi connectivity index (χ3v) is 6.10. The Morgan fingerprint density at radius 3 is 2.88 bits per heavy atom. The molecule has 0 aromatic carbocycles. The number of aromatic nitrogens is 3. The predicted octanol–water partition coefficient (Wildman–Crippen LogP) is 1.73. The summed E-state index contributed by atoms with van der Waals surface area (Å²) < 4.78 is 1.36. The molecule has 2 aromatic rings. The van der Waals surface area contributed by atoms with E-state index in [0.717, 1.165) is 37.4 Å². The molecule has 3 heterocycles. The summed E-state index contributed by atoms with van der Waals surface area (Å²) in [5.41, 5.74) is 0.546. The fourth-order valence-corrected chi connectivity index (χ4v) is 4.78. The molecule has 1 aliphatic heterocycles. The molecule has 2 aromatic heterocycles. The molecule has 134 valence electrons. The van der Waals surface area contributed by atoms with Crippen LogP contribution in [0, 0.1) is 12.8 Å². The van der Waals surface area contributed by atoms with Crippen molar-refractivity contribution in [3.8, 4) is 0 Å². The Kier molecular flexibility index (Phi) is 4.45. The maximum atomic E-state index is 12.6. The van der Waals surface area contributed by atoms with Gasteiger partial charge in [0.2, 0.25) is 16.0 Å². The van der Waals surface area contributed by atoms with Crippen LogP contribution < -0.4 is 15.8 Å². The Balaban J connectivity index is 1.50. The highest BCUT2D eigenvalue weighted by molar-refractivity contribution is 7.20. The van der Waals surface area contributed by atoms with Crippen LogP contribution in [-0.4, -0.2) is 39.6 Å². The Morgan fingerprint density at radius 1 is 1.28 bits per heavy atom. The lowest BCUT2D eigenvalue weighted by atomic mass is 9.97. The summed E-state index contributed by atoms with van der Waals surface area (Å²) in [5.74, 6) is 0.164. The number of nitrogens with zero attached hydrogens (tertiary/aromatic N) is 4. The lowest BCUT2D eigenvalue weighted by Crippen LogP contribution is -2.45. The van der Waals surface area contributed by atoms with E-state index in [4.69, 9.17) is 0 Å². The van der Waals surface area contributed by atoms with E-state index in [1.807, 2.05) is 6.92 Å². The van der Waals surface area contributed by atoms with Crippen LogP contribution in [-0.2, 0) is 4.79 Å². The zero-order chi connectivity index (χ0) is 17.4. The van der Waals surface area contributed by atoms with Crippen molar-refractivity contribution in [3.05, 3.63) is 22.1 Å². The molecule has 0 bridgehead atoms. The maximum Gasteiger partial charge on any atom is 0.275 e. The van der Waals surface area contributed by atoms with Crippen molar-refractivity contribution in [2.45, 2.75) is 51.5 Å². The molecule has 2 fully saturated rings. The molecule has 0 unspecified atom stereocenters. The quantitative estimate of drug-likeness (QED) is 0.901. The van der Waals surface area contributed by atoms with Gasteiger partial charge in [0, 0.05) is 30.9 Å². The molecule has 2 aliphatic rings. The fraction of sp³-hybridized carbons (Fsp3) is 0.647. The Hall–Kier alpha value is -1.96. The van der Waals surface area contributed by atoms with Crippen molar-refractivity contribution in [1.82, 2.24) is 19.9 Å². The van der Waals surface area contributed by atoms with Crippen molar-refractivity contribution in [2.24, 2.45) is 5.92 Å². The van der Waals surface area contributed by atoms with Gasteiger partial charge in [0.1, 0.15) is 0 Å². The molecule has 1 aliphatic carbocycles. The van der Waals surface area contributed by atoms with Gasteiger partial charge in [-0.05, 0) is 32.6 Å². The lowest BCUT2D eigenvalue weighted by molar-refractivity contribution is -0.125. The van der Waals surface area contributed by atoms with Gasteiger partial charge < -0.3 is 10.2 Å². The van der Waals surface area contributed by atoms with Crippen molar-refractivity contribution < 1.29 is 4.79 Å². The summed E-state index contributed by atoms with van der Waals surface area (Å²) in [7, 11) is 0. The normalized spacial score (nSPS) is 21.8.